The number of sulfonamides is 1. The van der Waals surface area contributed by atoms with Crippen LogP contribution in [-0.4, -0.2) is 26.7 Å². The maximum absolute atomic E-state index is 13.0. The average Bonchev–Trinajstić information content (AvgIpc) is 3.55. The van der Waals surface area contributed by atoms with Gasteiger partial charge in [-0.25, -0.2) is 13.1 Å². The van der Waals surface area contributed by atoms with Crippen molar-refractivity contribution in [1.82, 2.24) is 4.72 Å². The molecular formula is C26H33NO5S2. The zero-order valence-corrected chi connectivity index (χ0v) is 22.1. The zero-order valence-electron chi connectivity index (χ0n) is 20.5. The lowest BCUT2D eigenvalue weighted by molar-refractivity contribution is -0.120. The number of carbonyl (C=O) groups is 2. The van der Waals surface area contributed by atoms with Crippen LogP contribution in [0.15, 0.2) is 40.6 Å². The van der Waals surface area contributed by atoms with Gasteiger partial charge in [0.25, 0.3) is 10.0 Å². The molecule has 1 saturated carbocycles. The van der Waals surface area contributed by atoms with E-state index in [0.29, 0.717) is 16.9 Å². The van der Waals surface area contributed by atoms with Crippen LogP contribution in [0, 0.1) is 19.8 Å². The summed E-state index contributed by atoms with van der Waals surface area (Å²) in [5.41, 5.74) is 2.66. The first kappa shape index (κ1) is 26.2. The number of rotatable bonds is 11. The smallest absolute Gasteiger partial charge is 0.273 e. The Kier molecular flexibility index (Phi) is 7.72. The minimum atomic E-state index is -3.91. The number of aryl methyl sites for hydroxylation is 2. The van der Waals surface area contributed by atoms with Crippen LogP contribution in [0.4, 0.5) is 0 Å². The molecular weight excluding hydrogens is 470 g/mol. The van der Waals surface area contributed by atoms with Crippen LogP contribution in [0.3, 0.4) is 0 Å². The summed E-state index contributed by atoms with van der Waals surface area (Å²) in [5, 5.41) is 0. The summed E-state index contributed by atoms with van der Waals surface area (Å²) in [6, 6.07) is 7.83. The van der Waals surface area contributed by atoms with Gasteiger partial charge in [-0.3, -0.25) is 9.59 Å². The Balaban J connectivity index is 1.94. The molecule has 0 bridgehead atoms. The lowest BCUT2D eigenvalue weighted by atomic mass is 9.74. The predicted molar refractivity (Wildman–Crippen MR) is 135 cm³/mol. The van der Waals surface area contributed by atoms with Crippen molar-refractivity contribution in [2.45, 2.75) is 69.9 Å². The number of Topliss-reactive ketones (excluding diaryl/α,β-unsaturated/α-hetero) is 1. The molecule has 0 unspecified atom stereocenters. The van der Waals surface area contributed by atoms with E-state index < -0.39 is 15.9 Å². The molecule has 0 radical (unpaired) electrons. The molecule has 6 nitrogen and oxygen atoms in total. The fourth-order valence-electron chi connectivity index (χ4n) is 4.10. The summed E-state index contributed by atoms with van der Waals surface area (Å²) in [5.74, 6) is -0.110. The number of amides is 1. The second-order valence-corrected chi connectivity index (χ2v) is 12.0. The molecule has 1 aromatic carbocycles. The van der Waals surface area contributed by atoms with Gasteiger partial charge in [0.1, 0.15) is 9.96 Å². The SMILES string of the molecule is C=C(C)C(=O)COc1ccc(C(CC)(CC)c2cc(C)c(S(=O)(=O)NC(=O)C3CC3)s2)cc1C. The lowest BCUT2D eigenvalue weighted by Gasteiger charge is -2.32. The standard InChI is InChI=1S/C26H33NO5S2/c1-7-26(8-2,20-11-12-22(17(5)13-20)32-15-21(28)16(3)4)23-14-18(6)25(33-23)34(30,31)27-24(29)19-9-10-19/h11-14,19H,3,7-10,15H2,1-2,4-6H3,(H,27,29). The fraction of sp³-hybridized carbons (Fsp3) is 0.462. The van der Waals surface area contributed by atoms with E-state index in [1.54, 1.807) is 13.8 Å². The Morgan fingerprint density at radius 1 is 1.15 bits per heavy atom. The van der Waals surface area contributed by atoms with Crippen LogP contribution < -0.4 is 9.46 Å². The van der Waals surface area contributed by atoms with E-state index in [1.807, 2.05) is 31.2 Å². The minimum absolute atomic E-state index is 0.0554. The molecule has 34 heavy (non-hydrogen) atoms. The minimum Gasteiger partial charge on any atom is -0.485 e. The summed E-state index contributed by atoms with van der Waals surface area (Å²) < 4.78 is 34.1. The van der Waals surface area contributed by atoms with Gasteiger partial charge in [0.15, 0.2) is 12.4 Å². The summed E-state index contributed by atoms with van der Waals surface area (Å²) in [7, 11) is -3.91. The van der Waals surface area contributed by atoms with Crippen molar-refractivity contribution in [3.63, 3.8) is 0 Å². The van der Waals surface area contributed by atoms with E-state index in [9.17, 15) is 18.0 Å². The van der Waals surface area contributed by atoms with Gasteiger partial charge in [0.05, 0.1) is 0 Å². The van der Waals surface area contributed by atoms with Crippen LogP contribution >= 0.6 is 11.3 Å². The van der Waals surface area contributed by atoms with Gasteiger partial charge in [0.2, 0.25) is 5.91 Å². The molecule has 0 atom stereocenters. The van der Waals surface area contributed by atoms with Gasteiger partial charge in [-0.2, -0.15) is 0 Å². The van der Waals surface area contributed by atoms with E-state index in [4.69, 9.17) is 4.74 Å². The van der Waals surface area contributed by atoms with Crippen LogP contribution in [-0.2, 0) is 25.0 Å². The number of benzene rings is 1. The molecule has 3 rings (SSSR count). The monoisotopic (exact) mass is 503 g/mol. The maximum Gasteiger partial charge on any atom is 0.273 e. The molecule has 1 heterocycles. The van der Waals surface area contributed by atoms with Crippen molar-refractivity contribution in [2.24, 2.45) is 5.92 Å². The highest BCUT2D eigenvalue weighted by Gasteiger charge is 2.37. The highest BCUT2D eigenvalue weighted by atomic mass is 32.2. The molecule has 1 aliphatic rings. The van der Waals surface area contributed by atoms with E-state index >= 15 is 0 Å². The maximum atomic E-state index is 13.0. The third kappa shape index (κ3) is 5.28. The van der Waals surface area contributed by atoms with Crippen molar-refractivity contribution >= 4 is 33.1 Å². The topological polar surface area (TPSA) is 89.5 Å². The first-order valence-electron chi connectivity index (χ1n) is 11.5. The van der Waals surface area contributed by atoms with Gasteiger partial charge >= 0.3 is 0 Å². The number of ether oxygens (including phenoxy) is 1. The van der Waals surface area contributed by atoms with E-state index in [1.165, 1.54) is 11.3 Å². The second-order valence-electron chi connectivity index (χ2n) is 9.09. The molecule has 1 fully saturated rings. The predicted octanol–water partition coefficient (Wildman–Crippen LogP) is 5.21. The van der Waals surface area contributed by atoms with Gasteiger partial charge in [0, 0.05) is 16.2 Å². The normalized spacial score (nSPS) is 14.0. The molecule has 2 aromatic rings. The summed E-state index contributed by atoms with van der Waals surface area (Å²) in [6.07, 6.45) is 3.02. The van der Waals surface area contributed by atoms with Crippen molar-refractivity contribution in [3.05, 3.63) is 58.0 Å². The number of thiophene rings is 1. The third-order valence-corrected chi connectivity index (χ3v) is 9.96. The zero-order chi connectivity index (χ0) is 25.3. The quantitative estimate of drug-likeness (QED) is 0.425. The molecule has 184 valence electrons. The highest BCUT2D eigenvalue weighted by Crippen LogP contribution is 2.45. The molecule has 0 aliphatic heterocycles. The Bertz CT molecular complexity index is 1220. The molecule has 1 N–H and O–H groups in total. The summed E-state index contributed by atoms with van der Waals surface area (Å²) >= 11 is 1.23. The molecule has 1 amide bonds. The average molecular weight is 504 g/mol. The van der Waals surface area contributed by atoms with Crippen molar-refractivity contribution in [1.29, 1.82) is 0 Å². The number of ketones is 1. The van der Waals surface area contributed by atoms with Crippen LogP contribution in [0.5, 0.6) is 5.75 Å². The molecule has 0 spiro atoms. The number of hydrogen-bond donors (Lipinski definition) is 1. The van der Waals surface area contributed by atoms with Gasteiger partial charge < -0.3 is 4.74 Å². The number of hydrogen-bond acceptors (Lipinski definition) is 6. The third-order valence-electron chi connectivity index (χ3n) is 6.54. The van der Waals surface area contributed by atoms with Crippen LogP contribution in [0.1, 0.15) is 68.0 Å². The van der Waals surface area contributed by atoms with Crippen molar-refractivity contribution in [3.8, 4) is 5.75 Å². The molecule has 1 aromatic heterocycles. The largest absolute Gasteiger partial charge is 0.485 e. The summed E-state index contributed by atoms with van der Waals surface area (Å²) in [6.45, 7) is 13.1. The van der Waals surface area contributed by atoms with E-state index in [2.05, 4.69) is 25.1 Å². The Morgan fingerprint density at radius 3 is 2.32 bits per heavy atom. The van der Waals surface area contributed by atoms with Crippen molar-refractivity contribution in [2.75, 3.05) is 6.61 Å². The second kappa shape index (κ2) is 10.0. The first-order chi connectivity index (χ1) is 15.9. The van der Waals surface area contributed by atoms with Crippen molar-refractivity contribution < 1.29 is 22.7 Å². The van der Waals surface area contributed by atoms with E-state index in [-0.39, 0.29) is 27.9 Å². The number of carbonyl (C=O) groups excluding carboxylic acids is 2. The molecule has 1 aliphatic carbocycles. The first-order valence-corrected chi connectivity index (χ1v) is 13.8. The van der Waals surface area contributed by atoms with Gasteiger partial charge in [-0.05, 0) is 80.9 Å². The lowest BCUT2D eigenvalue weighted by Crippen LogP contribution is -2.31. The Morgan fingerprint density at radius 2 is 1.79 bits per heavy atom. The van der Waals surface area contributed by atoms with Crippen LogP contribution in [0.25, 0.3) is 0 Å². The fourth-order valence-corrected chi connectivity index (χ4v) is 7.20. The van der Waals surface area contributed by atoms with E-state index in [0.717, 1.165) is 41.7 Å². The Labute approximate surface area is 206 Å². The summed E-state index contributed by atoms with van der Waals surface area (Å²) in [4.78, 5) is 24.9. The number of nitrogens with one attached hydrogen (secondary N) is 1. The molecule has 8 heteroatoms. The highest BCUT2D eigenvalue weighted by molar-refractivity contribution is 7.92. The Hall–Kier alpha value is -2.45. The van der Waals surface area contributed by atoms with Gasteiger partial charge in [-0.15, -0.1) is 11.3 Å². The van der Waals surface area contributed by atoms with Gasteiger partial charge in [-0.1, -0.05) is 32.6 Å². The molecule has 0 saturated heterocycles. The van der Waals surface area contributed by atoms with Crippen LogP contribution in [0.2, 0.25) is 0 Å².